The molecule has 15 heavy (non-hydrogen) atoms. The second kappa shape index (κ2) is 3.85. The summed E-state index contributed by atoms with van der Waals surface area (Å²) in [5, 5.41) is 0. The highest BCUT2D eigenvalue weighted by Crippen LogP contribution is 2.23. The van der Waals surface area contributed by atoms with Crippen molar-refractivity contribution in [3.05, 3.63) is 29.8 Å². The van der Waals surface area contributed by atoms with E-state index in [1.54, 1.807) is 6.21 Å². The number of rotatable bonds is 1. The van der Waals surface area contributed by atoms with Gasteiger partial charge in [-0.05, 0) is 19.9 Å². The monoisotopic (exact) mass is 202 g/mol. The summed E-state index contributed by atoms with van der Waals surface area (Å²) in [6.07, 6.45) is 1.77. The van der Waals surface area contributed by atoms with Crippen LogP contribution in [0.2, 0.25) is 0 Å². The summed E-state index contributed by atoms with van der Waals surface area (Å²) >= 11 is 0. The van der Waals surface area contributed by atoms with E-state index in [1.165, 1.54) is 0 Å². The fourth-order valence-electron chi connectivity index (χ4n) is 1.81. The molecule has 0 saturated carbocycles. The zero-order valence-electron chi connectivity index (χ0n) is 8.97. The van der Waals surface area contributed by atoms with Crippen LogP contribution in [0.25, 0.3) is 0 Å². The fraction of sp³-hybridized carbons (Fsp3) is 0.333. The third-order valence-corrected chi connectivity index (χ3v) is 2.44. The molecule has 1 aliphatic rings. The molecule has 0 aromatic heterocycles. The van der Waals surface area contributed by atoms with Crippen LogP contribution in [0, 0.1) is 0 Å². The molecular weight excluding hydrogens is 188 g/mol. The van der Waals surface area contributed by atoms with Gasteiger partial charge in [0.1, 0.15) is 6.54 Å². The average molecular weight is 202 g/mol. The van der Waals surface area contributed by atoms with Crippen LogP contribution in [0.15, 0.2) is 29.3 Å². The van der Waals surface area contributed by atoms with E-state index in [0.29, 0.717) is 0 Å². The van der Waals surface area contributed by atoms with Gasteiger partial charge in [0.05, 0.1) is 5.69 Å². The Morgan fingerprint density at radius 2 is 2.07 bits per heavy atom. The summed E-state index contributed by atoms with van der Waals surface area (Å²) in [6.45, 7) is 4.27. The molecule has 3 nitrogen and oxygen atoms in total. The number of hydrogen-bond acceptors (Lipinski definition) is 2. The van der Waals surface area contributed by atoms with Gasteiger partial charge in [-0.25, -0.2) is 0 Å². The van der Waals surface area contributed by atoms with Crippen LogP contribution in [0.3, 0.4) is 0 Å². The van der Waals surface area contributed by atoms with Gasteiger partial charge in [-0.2, -0.15) is 0 Å². The van der Waals surface area contributed by atoms with Crippen LogP contribution < -0.4 is 4.90 Å². The van der Waals surface area contributed by atoms with Crippen LogP contribution in [0.4, 0.5) is 5.69 Å². The first-order valence-corrected chi connectivity index (χ1v) is 5.11. The molecule has 1 heterocycles. The van der Waals surface area contributed by atoms with Crippen molar-refractivity contribution in [3.63, 3.8) is 0 Å². The van der Waals surface area contributed by atoms with Gasteiger partial charge in [0, 0.05) is 17.8 Å². The zero-order valence-corrected chi connectivity index (χ0v) is 8.97. The van der Waals surface area contributed by atoms with Crippen molar-refractivity contribution in [3.8, 4) is 0 Å². The Labute approximate surface area is 89.4 Å². The summed E-state index contributed by atoms with van der Waals surface area (Å²) in [5.74, 6) is 0.0613. The van der Waals surface area contributed by atoms with Crippen LogP contribution in [-0.4, -0.2) is 24.7 Å². The second-order valence-electron chi connectivity index (χ2n) is 3.89. The van der Waals surface area contributed by atoms with Gasteiger partial charge in [-0.1, -0.05) is 18.2 Å². The molecular formula is C12H14N2O. The van der Waals surface area contributed by atoms with Crippen molar-refractivity contribution < 1.29 is 4.79 Å². The van der Waals surface area contributed by atoms with Gasteiger partial charge >= 0.3 is 0 Å². The molecule has 1 aromatic carbocycles. The van der Waals surface area contributed by atoms with Crippen molar-refractivity contribution in [2.45, 2.75) is 19.9 Å². The normalized spacial score (nSPS) is 15.4. The molecule has 0 spiro atoms. The van der Waals surface area contributed by atoms with E-state index < -0.39 is 0 Å². The minimum atomic E-state index is 0.0613. The van der Waals surface area contributed by atoms with E-state index in [9.17, 15) is 4.79 Å². The first-order chi connectivity index (χ1) is 7.20. The Hall–Kier alpha value is -1.64. The minimum absolute atomic E-state index is 0.0613. The predicted molar refractivity (Wildman–Crippen MR) is 61.5 cm³/mol. The Morgan fingerprint density at radius 1 is 1.33 bits per heavy atom. The molecule has 1 amide bonds. The summed E-state index contributed by atoms with van der Waals surface area (Å²) in [4.78, 5) is 17.7. The standard InChI is InChI=1S/C12H14N2O/c1-9(2)14-11-6-4-3-5-10(11)7-13-8-12(14)15/h3-7,9H,8H2,1-2H3. The van der Waals surface area contributed by atoms with Gasteiger partial charge in [-0.3, -0.25) is 9.79 Å². The zero-order chi connectivity index (χ0) is 10.8. The number of para-hydroxylation sites is 1. The lowest BCUT2D eigenvalue weighted by atomic mass is 10.1. The number of carbonyl (C=O) groups excluding carboxylic acids is 1. The number of carbonyl (C=O) groups is 1. The number of hydrogen-bond donors (Lipinski definition) is 0. The molecule has 0 aliphatic carbocycles. The number of benzodiazepines with no additional fused rings is 1. The van der Waals surface area contributed by atoms with Gasteiger partial charge < -0.3 is 4.90 Å². The largest absolute Gasteiger partial charge is 0.308 e. The highest BCUT2D eigenvalue weighted by Gasteiger charge is 2.22. The Bertz CT molecular complexity index is 410. The summed E-state index contributed by atoms with van der Waals surface area (Å²) in [6, 6.07) is 8.01. The summed E-state index contributed by atoms with van der Waals surface area (Å²) < 4.78 is 0. The SMILES string of the molecule is CC(C)N1C(=O)CN=Cc2ccccc21. The second-order valence-corrected chi connectivity index (χ2v) is 3.89. The molecule has 78 valence electrons. The first kappa shape index (κ1) is 9.90. The van der Waals surface area contributed by atoms with Crippen molar-refractivity contribution in [1.82, 2.24) is 0 Å². The smallest absolute Gasteiger partial charge is 0.248 e. The number of aliphatic imine (C=N–C) groups is 1. The molecule has 0 bridgehead atoms. The van der Waals surface area contributed by atoms with Crippen LogP contribution in [0.1, 0.15) is 19.4 Å². The summed E-state index contributed by atoms with van der Waals surface area (Å²) in [5.41, 5.74) is 1.97. The molecule has 1 aliphatic heterocycles. The summed E-state index contributed by atoms with van der Waals surface area (Å²) in [7, 11) is 0. The van der Waals surface area contributed by atoms with E-state index in [0.717, 1.165) is 11.3 Å². The highest BCUT2D eigenvalue weighted by atomic mass is 16.2. The predicted octanol–water partition coefficient (Wildman–Crippen LogP) is 1.86. The lowest BCUT2D eigenvalue weighted by Crippen LogP contribution is -2.38. The van der Waals surface area contributed by atoms with E-state index >= 15 is 0 Å². The average Bonchev–Trinajstić information content (AvgIpc) is 2.35. The third kappa shape index (κ3) is 1.77. The lowest BCUT2D eigenvalue weighted by Gasteiger charge is -2.26. The minimum Gasteiger partial charge on any atom is -0.308 e. The number of fused-ring (bicyclic) bond motifs is 1. The highest BCUT2D eigenvalue weighted by molar-refractivity contribution is 6.03. The molecule has 0 radical (unpaired) electrons. The maximum absolute atomic E-state index is 11.8. The molecule has 1 aromatic rings. The van der Waals surface area contributed by atoms with Crippen molar-refractivity contribution in [2.75, 3.05) is 11.4 Å². The fourth-order valence-corrected chi connectivity index (χ4v) is 1.81. The number of amides is 1. The van der Waals surface area contributed by atoms with Crippen LogP contribution in [-0.2, 0) is 4.79 Å². The topological polar surface area (TPSA) is 32.7 Å². The quantitative estimate of drug-likeness (QED) is 0.684. The molecule has 0 unspecified atom stereocenters. The molecule has 0 fully saturated rings. The maximum Gasteiger partial charge on any atom is 0.248 e. The lowest BCUT2D eigenvalue weighted by molar-refractivity contribution is -0.117. The van der Waals surface area contributed by atoms with Gasteiger partial charge in [0.2, 0.25) is 5.91 Å². The molecule has 0 atom stereocenters. The van der Waals surface area contributed by atoms with Gasteiger partial charge in [0.15, 0.2) is 0 Å². The van der Waals surface area contributed by atoms with E-state index in [-0.39, 0.29) is 18.5 Å². The number of nitrogens with zero attached hydrogens (tertiary/aromatic N) is 2. The molecule has 0 N–H and O–H groups in total. The maximum atomic E-state index is 11.8. The molecule has 0 saturated heterocycles. The number of benzene rings is 1. The van der Waals surface area contributed by atoms with Gasteiger partial charge in [0.25, 0.3) is 0 Å². The van der Waals surface area contributed by atoms with E-state index in [4.69, 9.17) is 0 Å². The Morgan fingerprint density at radius 3 is 2.80 bits per heavy atom. The first-order valence-electron chi connectivity index (χ1n) is 5.11. The van der Waals surface area contributed by atoms with E-state index in [1.807, 2.05) is 43.0 Å². The Balaban J connectivity index is 2.53. The van der Waals surface area contributed by atoms with E-state index in [2.05, 4.69) is 4.99 Å². The Kier molecular flexibility index (Phi) is 2.54. The molecule has 2 rings (SSSR count). The van der Waals surface area contributed by atoms with Crippen LogP contribution >= 0.6 is 0 Å². The van der Waals surface area contributed by atoms with Crippen molar-refractivity contribution >= 4 is 17.8 Å². The van der Waals surface area contributed by atoms with Crippen LogP contribution in [0.5, 0.6) is 0 Å². The van der Waals surface area contributed by atoms with Gasteiger partial charge in [-0.15, -0.1) is 0 Å². The third-order valence-electron chi connectivity index (χ3n) is 2.44. The van der Waals surface area contributed by atoms with Crippen molar-refractivity contribution in [1.29, 1.82) is 0 Å². The van der Waals surface area contributed by atoms with Crippen molar-refractivity contribution in [2.24, 2.45) is 4.99 Å². The number of anilines is 1. The molecule has 3 heteroatoms.